The average Bonchev–Trinajstić information content (AvgIpc) is 3.35. The first-order chi connectivity index (χ1) is 12.3. The number of anilines is 1. The molecule has 4 heterocycles. The summed E-state index contributed by atoms with van der Waals surface area (Å²) in [5.41, 5.74) is 1.22. The minimum atomic E-state index is 0.433. The number of likely N-dealkylation sites (tertiary alicyclic amines) is 1. The third-order valence-electron chi connectivity index (χ3n) is 4.41. The molecule has 3 aromatic rings. The fourth-order valence-corrected chi connectivity index (χ4v) is 3.11. The Hall–Kier alpha value is -2.67. The second-order valence-electron chi connectivity index (χ2n) is 6.47. The van der Waals surface area contributed by atoms with E-state index in [2.05, 4.69) is 38.4 Å². The van der Waals surface area contributed by atoms with Crippen molar-refractivity contribution in [3.63, 3.8) is 0 Å². The Morgan fingerprint density at radius 2 is 2.28 bits per heavy atom. The molecule has 0 aromatic carbocycles. The van der Waals surface area contributed by atoms with Crippen LogP contribution in [0.3, 0.4) is 0 Å². The van der Waals surface area contributed by atoms with E-state index >= 15 is 0 Å². The number of furan rings is 1. The summed E-state index contributed by atoms with van der Waals surface area (Å²) in [4.78, 5) is 6.69. The maximum atomic E-state index is 5.68. The van der Waals surface area contributed by atoms with Gasteiger partial charge < -0.3 is 14.2 Å². The fraction of sp³-hybridized carbons (Fsp3) is 0.389. The van der Waals surface area contributed by atoms with Crippen LogP contribution in [0.2, 0.25) is 0 Å². The summed E-state index contributed by atoms with van der Waals surface area (Å²) in [5, 5.41) is 11.6. The highest BCUT2D eigenvalue weighted by molar-refractivity contribution is 5.42. The van der Waals surface area contributed by atoms with Crippen LogP contribution in [-0.2, 0) is 6.54 Å². The molecule has 1 unspecified atom stereocenters. The van der Waals surface area contributed by atoms with Crippen molar-refractivity contribution >= 4 is 5.82 Å². The van der Waals surface area contributed by atoms with Gasteiger partial charge in [-0.1, -0.05) is 0 Å². The lowest BCUT2D eigenvalue weighted by molar-refractivity contribution is 0.282. The summed E-state index contributed by atoms with van der Waals surface area (Å²) in [7, 11) is 0. The summed E-state index contributed by atoms with van der Waals surface area (Å²) in [6, 6.07) is 7.69. The lowest BCUT2D eigenvalue weighted by Gasteiger charge is -2.14. The minimum absolute atomic E-state index is 0.433. The first kappa shape index (κ1) is 15.8. The van der Waals surface area contributed by atoms with Crippen LogP contribution in [0.1, 0.15) is 17.9 Å². The maximum absolute atomic E-state index is 5.68. The molecule has 25 heavy (non-hydrogen) atoms. The van der Waals surface area contributed by atoms with Crippen LogP contribution in [-0.4, -0.2) is 39.7 Å². The zero-order chi connectivity index (χ0) is 17.1. The van der Waals surface area contributed by atoms with Crippen LogP contribution in [0.4, 0.5) is 5.82 Å². The molecular weight excluding hydrogens is 318 g/mol. The van der Waals surface area contributed by atoms with E-state index in [1.807, 2.05) is 18.3 Å². The highest BCUT2D eigenvalue weighted by Crippen LogP contribution is 2.22. The normalized spacial score (nSPS) is 17.9. The second kappa shape index (κ2) is 7.06. The Kier molecular flexibility index (Phi) is 4.47. The molecule has 0 saturated carbocycles. The molecule has 1 aliphatic rings. The number of pyridine rings is 1. The third-order valence-corrected chi connectivity index (χ3v) is 4.41. The Balaban J connectivity index is 1.28. The monoisotopic (exact) mass is 339 g/mol. The molecule has 0 amide bonds. The number of hydrogen-bond donors (Lipinski definition) is 1. The molecule has 0 bridgehead atoms. The van der Waals surface area contributed by atoms with Gasteiger partial charge in [-0.15, -0.1) is 10.2 Å². The van der Waals surface area contributed by atoms with Crippen molar-refractivity contribution in [2.45, 2.75) is 19.9 Å². The van der Waals surface area contributed by atoms with E-state index < -0.39 is 0 Å². The summed E-state index contributed by atoms with van der Waals surface area (Å²) in [6.07, 6.45) is 4.59. The van der Waals surface area contributed by atoms with Gasteiger partial charge in [0.25, 0.3) is 5.89 Å². The average molecular weight is 339 g/mol. The first-order valence-corrected chi connectivity index (χ1v) is 8.51. The molecule has 1 saturated heterocycles. The van der Waals surface area contributed by atoms with Gasteiger partial charge in [-0.25, -0.2) is 4.98 Å². The van der Waals surface area contributed by atoms with Gasteiger partial charge in [0.05, 0.1) is 12.8 Å². The van der Waals surface area contributed by atoms with Crippen LogP contribution in [0, 0.1) is 12.8 Å². The van der Waals surface area contributed by atoms with Gasteiger partial charge in [0.2, 0.25) is 5.89 Å². The number of nitrogens with zero attached hydrogens (tertiary/aromatic N) is 4. The van der Waals surface area contributed by atoms with Gasteiger partial charge in [-0.05, 0) is 55.6 Å². The molecule has 7 heteroatoms. The zero-order valence-electron chi connectivity index (χ0n) is 14.2. The van der Waals surface area contributed by atoms with Crippen molar-refractivity contribution < 1.29 is 8.83 Å². The van der Waals surface area contributed by atoms with Gasteiger partial charge in [0.1, 0.15) is 5.82 Å². The van der Waals surface area contributed by atoms with Crippen molar-refractivity contribution in [2.24, 2.45) is 5.92 Å². The molecule has 0 radical (unpaired) electrons. The molecule has 4 rings (SSSR count). The highest BCUT2D eigenvalue weighted by atomic mass is 16.4. The van der Waals surface area contributed by atoms with Gasteiger partial charge in [-0.3, -0.25) is 4.90 Å². The quantitative estimate of drug-likeness (QED) is 0.739. The van der Waals surface area contributed by atoms with Crippen LogP contribution >= 0.6 is 0 Å². The van der Waals surface area contributed by atoms with E-state index in [-0.39, 0.29) is 0 Å². The lowest BCUT2D eigenvalue weighted by atomic mass is 10.1. The van der Waals surface area contributed by atoms with Crippen LogP contribution < -0.4 is 5.32 Å². The molecule has 1 aliphatic heterocycles. The smallest absolute Gasteiger partial charge is 0.283 e. The Morgan fingerprint density at radius 3 is 3.12 bits per heavy atom. The van der Waals surface area contributed by atoms with Gasteiger partial charge in [-0.2, -0.15) is 0 Å². The van der Waals surface area contributed by atoms with Gasteiger partial charge in [0.15, 0.2) is 5.76 Å². The van der Waals surface area contributed by atoms with Crippen LogP contribution in [0.25, 0.3) is 11.7 Å². The molecule has 0 spiro atoms. The predicted molar refractivity (Wildman–Crippen MR) is 92.8 cm³/mol. The largest absolute Gasteiger partial charge is 0.459 e. The van der Waals surface area contributed by atoms with Crippen LogP contribution in [0.5, 0.6) is 0 Å². The van der Waals surface area contributed by atoms with Crippen molar-refractivity contribution in [2.75, 3.05) is 25.0 Å². The zero-order valence-corrected chi connectivity index (χ0v) is 14.2. The summed E-state index contributed by atoms with van der Waals surface area (Å²) in [5.74, 6) is 3.20. The van der Waals surface area contributed by atoms with E-state index in [0.717, 1.165) is 31.9 Å². The van der Waals surface area contributed by atoms with Crippen molar-refractivity contribution in [3.05, 3.63) is 48.2 Å². The number of nitrogens with one attached hydrogen (secondary N) is 1. The maximum Gasteiger partial charge on any atom is 0.283 e. The standard InChI is InChI=1S/C18H21N5O2/c1-13-4-6-19-16(9-13)20-10-14-5-7-23(11-14)12-17-21-22-18(25-17)15-3-2-8-24-15/h2-4,6,8-9,14H,5,7,10-12H2,1H3,(H,19,20). The Bertz CT molecular complexity index is 815. The third kappa shape index (κ3) is 3.88. The predicted octanol–water partition coefficient (Wildman–Crippen LogP) is 2.97. The lowest BCUT2D eigenvalue weighted by Crippen LogP contribution is -2.23. The summed E-state index contributed by atoms with van der Waals surface area (Å²) in [6.45, 7) is 5.72. The minimum Gasteiger partial charge on any atom is -0.459 e. The molecule has 1 N–H and O–H groups in total. The van der Waals surface area contributed by atoms with E-state index in [0.29, 0.717) is 30.0 Å². The van der Waals surface area contributed by atoms with E-state index in [1.165, 1.54) is 5.56 Å². The number of aromatic nitrogens is 3. The van der Waals surface area contributed by atoms with E-state index in [4.69, 9.17) is 8.83 Å². The molecule has 1 atom stereocenters. The molecule has 0 aliphatic carbocycles. The summed E-state index contributed by atoms with van der Waals surface area (Å²) < 4.78 is 11.0. The highest BCUT2D eigenvalue weighted by Gasteiger charge is 2.24. The van der Waals surface area contributed by atoms with Gasteiger partial charge >= 0.3 is 0 Å². The molecule has 3 aromatic heterocycles. The summed E-state index contributed by atoms with van der Waals surface area (Å²) >= 11 is 0. The van der Waals surface area contributed by atoms with Crippen molar-refractivity contribution in [1.29, 1.82) is 0 Å². The first-order valence-electron chi connectivity index (χ1n) is 8.51. The fourth-order valence-electron chi connectivity index (χ4n) is 3.11. The Labute approximate surface area is 146 Å². The van der Waals surface area contributed by atoms with E-state index in [9.17, 15) is 0 Å². The molecule has 1 fully saturated rings. The molecular formula is C18H21N5O2. The van der Waals surface area contributed by atoms with Crippen molar-refractivity contribution in [1.82, 2.24) is 20.1 Å². The topological polar surface area (TPSA) is 80.2 Å². The van der Waals surface area contributed by atoms with Gasteiger partial charge in [0, 0.05) is 19.3 Å². The number of aryl methyl sites for hydroxylation is 1. The SMILES string of the molecule is Cc1ccnc(NCC2CCN(Cc3nnc(-c4ccco4)o3)C2)c1. The second-order valence-corrected chi connectivity index (χ2v) is 6.47. The number of hydrogen-bond acceptors (Lipinski definition) is 7. The van der Waals surface area contributed by atoms with Crippen molar-refractivity contribution in [3.8, 4) is 11.7 Å². The molecule has 7 nitrogen and oxygen atoms in total. The van der Waals surface area contributed by atoms with Crippen LogP contribution in [0.15, 0.2) is 45.6 Å². The van der Waals surface area contributed by atoms with E-state index in [1.54, 1.807) is 12.3 Å². The Morgan fingerprint density at radius 1 is 1.32 bits per heavy atom. The molecule has 130 valence electrons. The number of rotatable bonds is 6.